The molecular formula is C24H23NO. The molecule has 0 spiro atoms. The van der Waals surface area contributed by atoms with Gasteiger partial charge >= 0.3 is 0 Å². The van der Waals surface area contributed by atoms with Crippen molar-refractivity contribution < 1.29 is 4.42 Å². The topological polar surface area (TPSA) is 37.0 Å². The maximum atomic E-state index is 7.70. The number of benzene rings is 3. The fraction of sp³-hybridized carbons (Fsp3) is 0.125. The zero-order chi connectivity index (χ0) is 18.4. The zero-order valence-corrected chi connectivity index (χ0v) is 15.2. The monoisotopic (exact) mass is 341 g/mol. The molecule has 1 aromatic heterocycles. The summed E-state index contributed by atoms with van der Waals surface area (Å²) in [6, 6.07) is 24.4. The summed E-state index contributed by atoms with van der Waals surface area (Å²) in [6.07, 6.45) is 4.23. The summed E-state index contributed by atoms with van der Waals surface area (Å²) >= 11 is 0. The van der Waals surface area contributed by atoms with E-state index in [1.807, 2.05) is 62.4 Å². The van der Waals surface area contributed by atoms with E-state index in [1.54, 1.807) is 0 Å². The highest BCUT2D eigenvalue weighted by Gasteiger charge is 2.09. The van der Waals surface area contributed by atoms with Gasteiger partial charge in [-0.25, -0.2) is 0 Å². The van der Waals surface area contributed by atoms with E-state index in [0.717, 1.165) is 45.1 Å². The van der Waals surface area contributed by atoms with Crippen LogP contribution in [0, 0.1) is 5.41 Å². The van der Waals surface area contributed by atoms with Crippen molar-refractivity contribution in [2.75, 3.05) is 0 Å². The van der Waals surface area contributed by atoms with Crippen molar-refractivity contribution in [1.82, 2.24) is 0 Å². The quantitative estimate of drug-likeness (QED) is 0.403. The van der Waals surface area contributed by atoms with Crippen molar-refractivity contribution in [2.24, 2.45) is 0 Å². The van der Waals surface area contributed by atoms with Gasteiger partial charge in [0.2, 0.25) is 0 Å². The van der Waals surface area contributed by atoms with E-state index in [-0.39, 0.29) is 0 Å². The lowest BCUT2D eigenvalue weighted by Gasteiger charge is -2.03. The molecule has 3 aromatic carbocycles. The lowest BCUT2D eigenvalue weighted by molar-refractivity contribution is 0.664. The molecule has 0 aliphatic rings. The van der Waals surface area contributed by atoms with Crippen LogP contribution in [0.15, 0.2) is 83.3 Å². The Bertz CT molecular complexity index is 1040. The van der Waals surface area contributed by atoms with Crippen molar-refractivity contribution in [3.63, 3.8) is 0 Å². The molecule has 2 heteroatoms. The Morgan fingerprint density at radius 1 is 0.846 bits per heavy atom. The number of para-hydroxylation sites is 2. The highest BCUT2D eigenvalue weighted by molar-refractivity contribution is 6.09. The van der Waals surface area contributed by atoms with Gasteiger partial charge in [0.15, 0.2) is 0 Å². The fourth-order valence-electron chi connectivity index (χ4n) is 3.08. The minimum Gasteiger partial charge on any atom is -0.456 e. The van der Waals surface area contributed by atoms with E-state index in [2.05, 4.69) is 30.3 Å². The molecule has 0 saturated heterocycles. The Morgan fingerprint density at radius 2 is 1.54 bits per heavy atom. The second-order valence-electron chi connectivity index (χ2n) is 5.77. The molecule has 0 atom stereocenters. The minimum atomic E-state index is 0.733. The summed E-state index contributed by atoms with van der Waals surface area (Å²) in [5.74, 6) is 0. The molecular weight excluding hydrogens is 318 g/mol. The number of nitrogens with one attached hydrogen (secondary N) is 1. The van der Waals surface area contributed by atoms with Crippen molar-refractivity contribution >= 4 is 33.7 Å². The number of rotatable bonds is 4. The highest BCUT2D eigenvalue weighted by atomic mass is 16.3. The first-order chi connectivity index (χ1) is 12.9. The van der Waals surface area contributed by atoms with E-state index < -0.39 is 0 Å². The van der Waals surface area contributed by atoms with Crippen molar-refractivity contribution in [3.05, 3.63) is 90.0 Å². The van der Waals surface area contributed by atoms with Crippen LogP contribution >= 0.6 is 0 Å². The van der Waals surface area contributed by atoms with E-state index >= 15 is 0 Å². The molecule has 4 aromatic rings. The van der Waals surface area contributed by atoms with Crippen LogP contribution in [0.3, 0.4) is 0 Å². The lowest BCUT2D eigenvalue weighted by Crippen LogP contribution is -1.88. The molecule has 4 rings (SSSR count). The molecule has 0 radical (unpaired) electrons. The van der Waals surface area contributed by atoms with Crippen LogP contribution in [0.25, 0.3) is 27.5 Å². The number of furan rings is 1. The first kappa shape index (κ1) is 17.7. The van der Waals surface area contributed by atoms with E-state index in [9.17, 15) is 0 Å². The van der Waals surface area contributed by atoms with Crippen LogP contribution in [-0.2, 0) is 6.42 Å². The normalized spacial score (nSPS) is 11.2. The van der Waals surface area contributed by atoms with Crippen LogP contribution in [0.4, 0.5) is 0 Å². The van der Waals surface area contributed by atoms with Crippen molar-refractivity contribution in [1.29, 1.82) is 5.41 Å². The second kappa shape index (κ2) is 8.30. The molecule has 0 saturated carbocycles. The first-order valence-electron chi connectivity index (χ1n) is 9.02. The summed E-state index contributed by atoms with van der Waals surface area (Å²) in [5, 5.41) is 9.99. The van der Waals surface area contributed by atoms with Gasteiger partial charge in [0, 0.05) is 17.0 Å². The predicted molar refractivity (Wildman–Crippen MR) is 112 cm³/mol. The Hall–Kier alpha value is -3.13. The Labute approximate surface area is 154 Å². The third kappa shape index (κ3) is 3.45. The molecule has 130 valence electrons. The third-order valence-electron chi connectivity index (χ3n) is 4.29. The lowest BCUT2D eigenvalue weighted by atomic mass is 10.0. The average molecular weight is 341 g/mol. The van der Waals surface area contributed by atoms with Crippen LogP contribution in [0.2, 0.25) is 0 Å². The van der Waals surface area contributed by atoms with Gasteiger partial charge in [-0.05, 0) is 29.2 Å². The second-order valence-corrected chi connectivity index (χ2v) is 5.77. The summed E-state index contributed by atoms with van der Waals surface area (Å²) < 4.78 is 6.07. The smallest absolute Gasteiger partial charge is 0.138 e. The van der Waals surface area contributed by atoms with Crippen molar-refractivity contribution in [3.8, 4) is 0 Å². The molecule has 0 aliphatic heterocycles. The van der Waals surface area contributed by atoms with Gasteiger partial charge in [0.1, 0.15) is 11.2 Å². The summed E-state index contributed by atoms with van der Waals surface area (Å²) in [6.45, 7) is 4.00. The molecule has 0 unspecified atom stereocenters. The van der Waals surface area contributed by atoms with Crippen molar-refractivity contribution in [2.45, 2.75) is 20.3 Å². The number of hydrogen-bond donors (Lipinski definition) is 1. The first-order valence-corrected chi connectivity index (χ1v) is 9.02. The van der Waals surface area contributed by atoms with E-state index in [4.69, 9.17) is 9.83 Å². The number of allylic oxidation sites excluding steroid dienone is 2. The average Bonchev–Trinajstić information content (AvgIpc) is 3.10. The number of hydrogen-bond acceptors (Lipinski definition) is 2. The van der Waals surface area contributed by atoms with Crippen LogP contribution in [0.5, 0.6) is 0 Å². The summed E-state index contributed by atoms with van der Waals surface area (Å²) in [5.41, 5.74) is 4.97. The maximum Gasteiger partial charge on any atom is 0.138 e. The standard InChI is InChI=1S/C22H17NO.C2H6/c23-15-18(16-7-2-1-3-8-16)14-13-17-9-6-11-20-19-10-4-5-12-21(19)24-22(17)20;1-2/h1-12,14-15,23H,13H2;1-2H3/b18-14+,23-15?;. The largest absolute Gasteiger partial charge is 0.456 e. The predicted octanol–water partition coefficient (Wildman–Crippen LogP) is 6.89. The Balaban J connectivity index is 0.000000948. The van der Waals surface area contributed by atoms with Gasteiger partial charge < -0.3 is 9.83 Å². The highest BCUT2D eigenvalue weighted by Crippen LogP contribution is 2.31. The third-order valence-corrected chi connectivity index (χ3v) is 4.29. The molecule has 26 heavy (non-hydrogen) atoms. The minimum absolute atomic E-state index is 0.733. The van der Waals surface area contributed by atoms with Crippen LogP contribution in [-0.4, -0.2) is 6.21 Å². The van der Waals surface area contributed by atoms with Crippen LogP contribution < -0.4 is 0 Å². The van der Waals surface area contributed by atoms with E-state index in [1.165, 1.54) is 6.21 Å². The molecule has 0 bridgehead atoms. The number of fused-ring (bicyclic) bond motifs is 3. The van der Waals surface area contributed by atoms with E-state index in [0.29, 0.717) is 0 Å². The Kier molecular flexibility index (Phi) is 5.65. The molecule has 2 nitrogen and oxygen atoms in total. The van der Waals surface area contributed by atoms with Gasteiger partial charge in [0.05, 0.1) is 0 Å². The fourth-order valence-corrected chi connectivity index (χ4v) is 3.08. The maximum absolute atomic E-state index is 7.70. The van der Waals surface area contributed by atoms with Gasteiger partial charge in [-0.2, -0.15) is 0 Å². The molecule has 1 N–H and O–H groups in total. The zero-order valence-electron chi connectivity index (χ0n) is 15.2. The molecule has 0 amide bonds. The Morgan fingerprint density at radius 3 is 2.31 bits per heavy atom. The van der Waals surface area contributed by atoms with Gasteiger partial charge in [-0.15, -0.1) is 0 Å². The summed E-state index contributed by atoms with van der Waals surface area (Å²) in [4.78, 5) is 0. The molecule has 0 aliphatic carbocycles. The molecule has 1 heterocycles. The SMILES string of the molecule is CC.N=C/C(=C\Cc1cccc2c1oc1ccccc12)c1ccccc1. The van der Waals surface area contributed by atoms with Crippen LogP contribution in [0.1, 0.15) is 25.0 Å². The van der Waals surface area contributed by atoms with Gasteiger partial charge in [-0.1, -0.05) is 86.7 Å². The van der Waals surface area contributed by atoms with Gasteiger partial charge in [-0.3, -0.25) is 0 Å². The van der Waals surface area contributed by atoms with Gasteiger partial charge in [0.25, 0.3) is 0 Å². The summed E-state index contributed by atoms with van der Waals surface area (Å²) in [7, 11) is 0. The molecule has 0 fully saturated rings.